The molecule has 98 valence electrons. The summed E-state index contributed by atoms with van der Waals surface area (Å²) < 4.78 is 5.73. The molecule has 0 aromatic heterocycles. The van der Waals surface area contributed by atoms with Crippen LogP contribution in [0.5, 0.6) is 5.75 Å². The quantitative estimate of drug-likeness (QED) is 0.382. The Labute approximate surface area is 112 Å². The predicted molar refractivity (Wildman–Crippen MR) is 74.5 cm³/mol. The lowest BCUT2D eigenvalue weighted by molar-refractivity contribution is 0.303. The van der Waals surface area contributed by atoms with Crippen molar-refractivity contribution in [1.29, 1.82) is 0 Å². The van der Waals surface area contributed by atoms with Crippen LogP contribution in [0.4, 0.5) is 0 Å². The van der Waals surface area contributed by atoms with Crippen LogP contribution < -0.4 is 10.5 Å². The molecule has 0 radical (unpaired) electrons. The third-order valence-electron chi connectivity index (χ3n) is 2.75. The molecule has 4 heteroatoms. The van der Waals surface area contributed by atoms with E-state index in [-0.39, 0.29) is 5.84 Å². The maximum atomic E-state index is 8.74. The van der Waals surface area contributed by atoms with Crippen molar-refractivity contribution in [1.82, 2.24) is 0 Å². The maximum absolute atomic E-state index is 8.74. The van der Waals surface area contributed by atoms with Crippen LogP contribution in [0.25, 0.3) is 0 Å². The number of ether oxygens (including phenoxy) is 1. The molecular weight excluding hydrogens is 240 g/mol. The van der Waals surface area contributed by atoms with E-state index in [1.54, 1.807) is 12.1 Å². The van der Waals surface area contributed by atoms with Crippen molar-refractivity contribution in [2.45, 2.75) is 13.5 Å². The number of nitrogens with two attached hydrogens (primary N) is 1. The smallest absolute Gasteiger partial charge is 0.173 e. The predicted octanol–water partition coefficient (Wildman–Crippen LogP) is 2.67. The average Bonchev–Trinajstić information content (AvgIpc) is 2.45. The number of amidine groups is 1. The highest BCUT2D eigenvalue weighted by molar-refractivity contribution is 5.99. The fraction of sp³-hybridized carbons (Fsp3) is 0.133. The molecule has 0 amide bonds. The van der Waals surface area contributed by atoms with Crippen molar-refractivity contribution in [2.24, 2.45) is 10.9 Å². The van der Waals surface area contributed by atoms with Gasteiger partial charge in [0.1, 0.15) is 12.4 Å². The number of para-hydroxylation sites is 1. The molecule has 0 saturated heterocycles. The SMILES string of the molecule is Cc1cccc(COc2ccccc2/C(N)=N/O)c1. The van der Waals surface area contributed by atoms with Crippen LogP contribution in [0.2, 0.25) is 0 Å². The first kappa shape index (κ1) is 13.0. The van der Waals surface area contributed by atoms with E-state index >= 15 is 0 Å². The van der Waals surface area contributed by atoms with Gasteiger partial charge in [0.15, 0.2) is 5.84 Å². The van der Waals surface area contributed by atoms with Gasteiger partial charge in [-0.05, 0) is 24.6 Å². The van der Waals surface area contributed by atoms with E-state index < -0.39 is 0 Å². The van der Waals surface area contributed by atoms with Crippen LogP contribution in [0.15, 0.2) is 53.7 Å². The highest BCUT2D eigenvalue weighted by Crippen LogP contribution is 2.19. The highest BCUT2D eigenvalue weighted by Gasteiger charge is 2.07. The lowest BCUT2D eigenvalue weighted by Gasteiger charge is -2.10. The monoisotopic (exact) mass is 256 g/mol. The molecule has 3 N–H and O–H groups in total. The molecule has 0 aliphatic carbocycles. The molecule has 2 aromatic rings. The van der Waals surface area contributed by atoms with E-state index in [4.69, 9.17) is 15.7 Å². The Morgan fingerprint density at radius 3 is 2.74 bits per heavy atom. The molecule has 0 unspecified atom stereocenters. The lowest BCUT2D eigenvalue weighted by Crippen LogP contribution is -2.14. The van der Waals surface area contributed by atoms with Crippen molar-refractivity contribution in [2.75, 3.05) is 0 Å². The third kappa shape index (κ3) is 3.25. The molecule has 0 atom stereocenters. The topological polar surface area (TPSA) is 67.8 Å². The number of hydrogen-bond acceptors (Lipinski definition) is 3. The molecule has 0 spiro atoms. The molecule has 0 heterocycles. The summed E-state index contributed by atoms with van der Waals surface area (Å²) in [5.74, 6) is 0.638. The number of benzene rings is 2. The van der Waals surface area contributed by atoms with Gasteiger partial charge in [0.05, 0.1) is 5.56 Å². The minimum absolute atomic E-state index is 0.0415. The van der Waals surface area contributed by atoms with Gasteiger partial charge in [-0.2, -0.15) is 0 Å². The minimum atomic E-state index is 0.0415. The normalized spacial score (nSPS) is 11.3. The number of nitrogens with zero attached hydrogens (tertiary/aromatic N) is 1. The van der Waals surface area contributed by atoms with Gasteiger partial charge in [0.25, 0.3) is 0 Å². The summed E-state index contributed by atoms with van der Waals surface area (Å²) in [6.45, 7) is 2.48. The Bertz CT molecular complexity index is 594. The van der Waals surface area contributed by atoms with Crippen molar-refractivity contribution in [3.05, 3.63) is 65.2 Å². The average molecular weight is 256 g/mol. The standard InChI is InChI=1S/C15H16N2O2/c1-11-5-4-6-12(9-11)10-19-14-8-3-2-7-13(14)15(16)17-18/h2-9,18H,10H2,1H3,(H2,16,17). The highest BCUT2D eigenvalue weighted by atomic mass is 16.5. The summed E-state index contributed by atoms with van der Waals surface area (Å²) >= 11 is 0. The van der Waals surface area contributed by atoms with Crippen molar-refractivity contribution in [3.8, 4) is 5.75 Å². The Balaban J connectivity index is 2.16. The van der Waals surface area contributed by atoms with Crippen LogP contribution in [-0.2, 0) is 6.61 Å². The molecule has 0 fully saturated rings. The Hall–Kier alpha value is -2.49. The summed E-state index contributed by atoms with van der Waals surface area (Å²) in [7, 11) is 0. The van der Waals surface area contributed by atoms with E-state index in [0.29, 0.717) is 17.9 Å². The largest absolute Gasteiger partial charge is 0.488 e. The minimum Gasteiger partial charge on any atom is -0.488 e. The molecule has 0 aliphatic rings. The first-order valence-electron chi connectivity index (χ1n) is 5.96. The molecule has 4 nitrogen and oxygen atoms in total. The second-order valence-electron chi connectivity index (χ2n) is 4.26. The van der Waals surface area contributed by atoms with Gasteiger partial charge in [-0.1, -0.05) is 47.1 Å². The van der Waals surface area contributed by atoms with Crippen molar-refractivity contribution >= 4 is 5.84 Å². The zero-order valence-electron chi connectivity index (χ0n) is 10.7. The van der Waals surface area contributed by atoms with Gasteiger partial charge in [-0.15, -0.1) is 0 Å². The molecule has 0 aliphatic heterocycles. The number of hydrogen-bond donors (Lipinski definition) is 2. The third-order valence-corrected chi connectivity index (χ3v) is 2.75. The van der Waals surface area contributed by atoms with E-state index in [0.717, 1.165) is 5.56 Å². The Morgan fingerprint density at radius 1 is 1.21 bits per heavy atom. The summed E-state index contributed by atoms with van der Waals surface area (Å²) in [4.78, 5) is 0. The number of rotatable bonds is 4. The zero-order valence-corrected chi connectivity index (χ0v) is 10.7. The molecule has 19 heavy (non-hydrogen) atoms. The van der Waals surface area contributed by atoms with Gasteiger partial charge in [-0.3, -0.25) is 0 Å². The van der Waals surface area contributed by atoms with E-state index in [1.807, 2.05) is 37.3 Å². The second kappa shape index (κ2) is 5.91. The van der Waals surface area contributed by atoms with Gasteiger partial charge in [0, 0.05) is 0 Å². The van der Waals surface area contributed by atoms with E-state index in [1.165, 1.54) is 5.56 Å². The summed E-state index contributed by atoms with van der Waals surface area (Å²) in [5.41, 5.74) is 8.45. The summed E-state index contributed by atoms with van der Waals surface area (Å²) in [6, 6.07) is 15.3. The van der Waals surface area contributed by atoms with E-state index in [9.17, 15) is 0 Å². The Kier molecular flexibility index (Phi) is 4.03. The van der Waals surface area contributed by atoms with Crippen molar-refractivity contribution < 1.29 is 9.94 Å². The molecule has 2 rings (SSSR count). The number of aryl methyl sites for hydroxylation is 1. The van der Waals surface area contributed by atoms with Gasteiger partial charge in [-0.25, -0.2) is 0 Å². The van der Waals surface area contributed by atoms with Gasteiger partial charge >= 0.3 is 0 Å². The Morgan fingerprint density at radius 2 is 2.00 bits per heavy atom. The maximum Gasteiger partial charge on any atom is 0.173 e. The van der Waals surface area contributed by atoms with Crippen LogP contribution >= 0.6 is 0 Å². The second-order valence-corrected chi connectivity index (χ2v) is 4.26. The van der Waals surface area contributed by atoms with Crippen molar-refractivity contribution in [3.63, 3.8) is 0 Å². The van der Waals surface area contributed by atoms with Crippen LogP contribution in [0.3, 0.4) is 0 Å². The van der Waals surface area contributed by atoms with Gasteiger partial charge < -0.3 is 15.7 Å². The van der Waals surface area contributed by atoms with Crippen LogP contribution in [0.1, 0.15) is 16.7 Å². The van der Waals surface area contributed by atoms with Crippen LogP contribution in [0, 0.1) is 6.92 Å². The first-order chi connectivity index (χ1) is 9.20. The van der Waals surface area contributed by atoms with E-state index in [2.05, 4.69) is 11.2 Å². The molecule has 2 aromatic carbocycles. The zero-order chi connectivity index (χ0) is 13.7. The van der Waals surface area contributed by atoms with Crippen LogP contribution in [-0.4, -0.2) is 11.0 Å². The first-order valence-corrected chi connectivity index (χ1v) is 5.96. The molecular formula is C15H16N2O2. The fourth-order valence-corrected chi connectivity index (χ4v) is 1.82. The molecule has 0 saturated carbocycles. The fourth-order valence-electron chi connectivity index (χ4n) is 1.82. The van der Waals surface area contributed by atoms with Gasteiger partial charge in [0.2, 0.25) is 0 Å². The lowest BCUT2D eigenvalue weighted by atomic mass is 10.1. The summed E-state index contributed by atoms with van der Waals surface area (Å²) in [6.07, 6.45) is 0. The molecule has 0 bridgehead atoms. The summed E-state index contributed by atoms with van der Waals surface area (Å²) in [5, 5.41) is 11.7. The number of oxime groups is 1.